The Morgan fingerprint density at radius 2 is 1.04 bits per heavy atom. The number of nitrogens with one attached hydrogen (secondary N) is 1. The van der Waals surface area contributed by atoms with Gasteiger partial charge in [-0.1, -0.05) is 0 Å². The third kappa shape index (κ3) is 3.57. The second-order valence-corrected chi connectivity index (χ2v) is 6.61. The normalized spacial score (nSPS) is 14.7. The Bertz CT molecular complexity index is 591. The van der Waals surface area contributed by atoms with Gasteiger partial charge in [0.2, 0.25) is 0 Å². The molecule has 1 aliphatic rings. The lowest BCUT2D eigenvalue weighted by molar-refractivity contribution is 0.550. The molecule has 24 heavy (non-hydrogen) atoms. The average Bonchev–Trinajstić information content (AvgIpc) is 2.62. The Morgan fingerprint density at radius 3 is 1.38 bits per heavy atom. The van der Waals surface area contributed by atoms with E-state index in [1.807, 2.05) is 0 Å². The van der Waals surface area contributed by atoms with E-state index in [0.717, 1.165) is 20.0 Å². The maximum atomic E-state index is 3.49. The lowest BCUT2D eigenvalue weighted by Gasteiger charge is -2.39. The van der Waals surface area contributed by atoms with Crippen LogP contribution in [0.1, 0.15) is 0 Å². The van der Waals surface area contributed by atoms with Gasteiger partial charge in [0.1, 0.15) is 0 Å². The summed E-state index contributed by atoms with van der Waals surface area (Å²) in [6, 6.07) is 17.4. The van der Waals surface area contributed by atoms with Crippen LogP contribution in [-0.4, -0.2) is 48.2 Å². The summed E-state index contributed by atoms with van der Waals surface area (Å²) in [5.41, 5.74) is 4.92. The van der Waals surface area contributed by atoms with Crippen molar-refractivity contribution < 1.29 is 0 Å². The van der Waals surface area contributed by atoms with Crippen molar-refractivity contribution in [3.8, 4) is 0 Å². The standard InChI is InChI=1S/C19H27N5/c1-21(2)16-5-9-18(10-6-16)23-13-20-14-24(15-23)19-11-7-17(8-12-19)22(3)4/h5-12,20H,13-15H2,1-4H3. The van der Waals surface area contributed by atoms with E-state index in [1.165, 1.54) is 22.7 Å². The molecule has 0 saturated carbocycles. The first kappa shape index (κ1) is 16.5. The zero-order chi connectivity index (χ0) is 17.1. The lowest BCUT2D eigenvalue weighted by atomic mass is 10.2. The van der Waals surface area contributed by atoms with E-state index < -0.39 is 0 Å². The first-order valence-corrected chi connectivity index (χ1v) is 8.30. The fourth-order valence-electron chi connectivity index (χ4n) is 2.90. The summed E-state index contributed by atoms with van der Waals surface area (Å²) < 4.78 is 0. The molecule has 3 rings (SSSR count). The molecule has 5 heteroatoms. The van der Waals surface area contributed by atoms with Gasteiger partial charge in [-0.2, -0.15) is 0 Å². The van der Waals surface area contributed by atoms with Gasteiger partial charge in [-0.25, -0.2) is 0 Å². The van der Waals surface area contributed by atoms with Crippen LogP contribution in [0.3, 0.4) is 0 Å². The molecule has 1 fully saturated rings. The molecule has 2 aromatic rings. The van der Waals surface area contributed by atoms with E-state index in [9.17, 15) is 0 Å². The molecule has 0 spiro atoms. The second kappa shape index (κ2) is 7.01. The van der Waals surface area contributed by atoms with Gasteiger partial charge >= 0.3 is 0 Å². The molecule has 0 amide bonds. The van der Waals surface area contributed by atoms with Crippen LogP contribution >= 0.6 is 0 Å². The van der Waals surface area contributed by atoms with Gasteiger partial charge in [0, 0.05) is 50.9 Å². The van der Waals surface area contributed by atoms with Crippen molar-refractivity contribution in [1.82, 2.24) is 5.32 Å². The van der Waals surface area contributed by atoms with Crippen molar-refractivity contribution in [2.24, 2.45) is 0 Å². The summed E-state index contributed by atoms with van der Waals surface area (Å²) in [5.74, 6) is 0. The van der Waals surface area contributed by atoms with Crippen LogP contribution in [0, 0.1) is 0 Å². The van der Waals surface area contributed by atoms with Crippen molar-refractivity contribution in [3.05, 3.63) is 48.5 Å². The highest BCUT2D eigenvalue weighted by molar-refractivity contribution is 5.59. The first-order valence-electron chi connectivity index (χ1n) is 8.30. The number of benzene rings is 2. The minimum absolute atomic E-state index is 0.869. The summed E-state index contributed by atoms with van der Waals surface area (Å²) in [5, 5.41) is 3.49. The Balaban J connectivity index is 1.71. The van der Waals surface area contributed by atoms with Gasteiger partial charge in [0.05, 0.1) is 20.0 Å². The number of hydrogen-bond acceptors (Lipinski definition) is 5. The number of anilines is 4. The SMILES string of the molecule is CN(C)c1ccc(N2CNCN(c3ccc(N(C)C)cc3)C2)cc1. The Kier molecular flexibility index (Phi) is 4.81. The highest BCUT2D eigenvalue weighted by Gasteiger charge is 2.17. The number of rotatable bonds is 4. The van der Waals surface area contributed by atoms with Crippen LogP contribution < -0.4 is 24.9 Å². The molecule has 1 heterocycles. The van der Waals surface area contributed by atoms with E-state index in [2.05, 4.69) is 102 Å². The summed E-state index contributed by atoms with van der Waals surface area (Å²) >= 11 is 0. The maximum absolute atomic E-state index is 3.49. The molecule has 1 saturated heterocycles. The predicted molar refractivity (Wildman–Crippen MR) is 104 cm³/mol. The molecule has 0 unspecified atom stereocenters. The zero-order valence-electron chi connectivity index (χ0n) is 15.0. The summed E-state index contributed by atoms with van der Waals surface area (Å²) in [7, 11) is 8.26. The molecule has 128 valence electrons. The van der Waals surface area contributed by atoms with Crippen molar-refractivity contribution in [3.63, 3.8) is 0 Å². The smallest absolute Gasteiger partial charge is 0.0928 e. The second-order valence-electron chi connectivity index (χ2n) is 6.61. The quantitative estimate of drug-likeness (QED) is 0.932. The molecule has 0 aliphatic carbocycles. The molecule has 0 bridgehead atoms. The van der Waals surface area contributed by atoms with Gasteiger partial charge < -0.3 is 19.6 Å². The van der Waals surface area contributed by atoms with Crippen LogP contribution in [0.2, 0.25) is 0 Å². The summed E-state index contributed by atoms with van der Waals surface area (Å²) in [4.78, 5) is 8.94. The third-order valence-electron chi connectivity index (χ3n) is 4.41. The maximum Gasteiger partial charge on any atom is 0.0928 e. The fourth-order valence-corrected chi connectivity index (χ4v) is 2.90. The fraction of sp³-hybridized carbons (Fsp3) is 0.368. The first-order chi connectivity index (χ1) is 11.5. The predicted octanol–water partition coefficient (Wildman–Crippen LogP) is 2.61. The molecule has 0 radical (unpaired) electrons. The van der Waals surface area contributed by atoms with Gasteiger partial charge in [0.25, 0.3) is 0 Å². The monoisotopic (exact) mass is 325 g/mol. The van der Waals surface area contributed by atoms with E-state index in [-0.39, 0.29) is 0 Å². The summed E-state index contributed by atoms with van der Waals surface area (Å²) in [6.45, 7) is 2.62. The molecular weight excluding hydrogens is 298 g/mol. The van der Waals surface area contributed by atoms with Gasteiger partial charge in [-0.15, -0.1) is 0 Å². The molecule has 1 N–H and O–H groups in total. The number of hydrogen-bond donors (Lipinski definition) is 1. The highest BCUT2D eigenvalue weighted by Crippen LogP contribution is 2.24. The number of nitrogens with zero attached hydrogens (tertiary/aromatic N) is 4. The van der Waals surface area contributed by atoms with Crippen LogP contribution in [0.15, 0.2) is 48.5 Å². The molecule has 1 aliphatic heterocycles. The van der Waals surface area contributed by atoms with E-state index in [1.54, 1.807) is 0 Å². The van der Waals surface area contributed by atoms with E-state index in [4.69, 9.17) is 0 Å². The Morgan fingerprint density at radius 1 is 0.667 bits per heavy atom. The average molecular weight is 325 g/mol. The Labute approximate surface area is 145 Å². The summed E-state index contributed by atoms with van der Waals surface area (Å²) in [6.07, 6.45) is 0. The van der Waals surface area contributed by atoms with Crippen molar-refractivity contribution in [2.75, 3.05) is 67.8 Å². The minimum atomic E-state index is 0.869. The van der Waals surface area contributed by atoms with Gasteiger partial charge in [0.15, 0.2) is 0 Å². The molecular formula is C19H27N5. The highest BCUT2D eigenvalue weighted by atomic mass is 15.4. The topological polar surface area (TPSA) is 25.0 Å². The van der Waals surface area contributed by atoms with Crippen molar-refractivity contribution >= 4 is 22.7 Å². The van der Waals surface area contributed by atoms with E-state index >= 15 is 0 Å². The van der Waals surface area contributed by atoms with Crippen LogP contribution in [0.5, 0.6) is 0 Å². The van der Waals surface area contributed by atoms with E-state index in [0.29, 0.717) is 0 Å². The molecule has 5 nitrogen and oxygen atoms in total. The largest absolute Gasteiger partial charge is 0.378 e. The van der Waals surface area contributed by atoms with Crippen molar-refractivity contribution in [2.45, 2.75) is 0 Å². The van der Waals surface area contributed by atoms with Gasteiger partial charge in [-0.05, 0) is 48.5 Å². The zero-order valence-corrected chi connectivity index (χ0v) is 15.0. The third-order valence-corrected chi connectivity index (χ3v) is 4.41. The van der Waals surface area contributed by atoms with Gasteiger partial charge in [-0.3, -0.25) is 5.32 Å². The minimum Gasteiger partial charge on any atom is -0.378 e. The lowest BCUT2D eigenvalue weighted by Crippen LogP contribution is -2.53. The van der Waals surface area contributed by atoms with Crippen LogP contribution in [0.25, 0.3) is 0 Å². The molecule has 2 aromatic carbocycles. The molecule has 0 atom stereocenters. The van der Waals surface area contributed by atoms with Crippen LogP contribution in [0.4, 0.5) is 22.7 Å². The Hall–Kier alpha value is -2.40. The van der Waals surface area contributed by atoms with Crippen molar-refractivity contribution in [1.29, 1.82) is 0 Å². The molecule has 0 aromatic heterocycles. The van der Waals surface area contributed by atoms with Crippen LogP contribution in [-0.2, 0) is 0 Å².